The van der Waals surface area contributed by atoms with E-state index in [2.05, 4.69) is 5.32 Å². The van der Waals surface area contributed by atoms with Crippen molar-refractivity contribution in [2.24, 2.45) is 0 Å². The van der Waals surface area contributed by atoms with Crippen molar-refractivity contribution >= 4 is 23.2 Å². The second kappa shape index (κ2) is 5.91. The maximum absolute atomic E-state index is 13.4. The monoisotopic (exact) mass is 327 g/mol. The summed E-state index contributed by atoms with van der Waals surface area (Å²) in [7, 11) is 0. The summed E-state index contributed by atoms with van der Waals surface area (Å²) in [4.78, 5) is 0. The minimum absolute atomic E-state index is 0.139. The Morgan fingerprint density at radius 2 is 1.62 bits per heavy atom. The van der Waals surface area contributed by atoms with E-state index in [4.69, 9.17) is 23.2 Å². The van der Waals surface area contributed by atoms with Crippen LogP contribution in [-0.2, 0) is 6.54 Å². The smallest absolute Gasteiger partial charge is 0.160 e. The van der Waals surface area contributed by atoms with Crippen molar-refractivity contribution in [3.05, 3.63) is 57.6 Å². The average molecular weight is 328 g/mol. The van der Waals surface area contributed by atoms with Crippen molar-refractivity contribution in [1.29, 1.82) is 0 Å². The van der Waals surface area contributed by atoms with Gasteiger partial charge in [0.05, 0.1) is 5.02 Å². The highest BCUT2D eigenvalue weighted by Crippen LogP contribution is 2.35. The average Bonchev–Trinajstić information content (AvgIpc) is 3.25. The van der Waals surface area contributed by atoms with E-state index in [0.717, 1.165) is 24.2 Å². The molecule has 0 atom stereocenters. The summed E-state index contributed by atoms with van der Waals surface area (Å²) >= 11 is 12.2. The highest BCUT2D eigenvalue weighted by atomic mass is 35.5. The van der Waals surface area contributed by atoms with Gasteiger partial charge in [-0.25, -0.2) is 8.78 Å². The quantitative estimate of drug-likeness (QED) is 0.762. The van der Waals surface area contributed by atoms with Crippen LogP contribution in [0.1, 0.15) is 18.4 Å². The van der Waals surface area contributed by atoms with Crippen LogP contribution >= 0.6 is 23.2 Å². The number of halogens is 4. The van der Waals surface area contributed by atoms with E-state index in [1.165, 1.54) is 12.8 Å². The Hall–Kier alpha value is -1.16. The van der Waals surface area contributed by atoms with E-state index in [1.54, 1.807) is 6.07 Å². The van der Waals surface area contributed by atoms with Crippen LogP contribution < -0.4 is 5.32 Å². The lowest BCUT2D eigenvalue weighted by molar-refractivity contribution is 0.509. The minimum atomic E-state index is -0.967. The van der Waals surface area contributed by atoms with Gasteiger partial charge in [-0.15, -0.1) is 0 Å². The molecule has 1 saturated carbocycles. The zero-order chi connectivity index (χ0) is 15.0. The largest absolute Gasteiger partial charge is 0.310 e. The molecule has 1 nitrogen and oxygen atoms in total. The molecule has 0 amide bonds. The molecular formula is C16H13Cl2F2N. The Labute approximate surface area is 131 Å². The van der Waals surface area contributed by atoms with E-state index >= 15 is 0 Å². The number of nitrogens with one attached hydrogen (secondary N) is 1. The second-order valence-electron chi connectivity index (χ2n) is 5.22. The summed E-state index contributed by atoms with van der Waals surface area (Å²) in [5.74, 6) is -1.91. The number of hydrogen-bond acceptors (Lipinski definition) is 1. The fourth-order valence-electron chi connectivity index (χ4n) is 2.17. The molecule has 0 aliphatic heterocycles. The van der Waals surface area contributed by atoms with Gasteiger partial charge in [-0.3, -0.25) is 0 Å². The standard InChI is InChI=1S/C16H13Cl2F2N/c17-13-5-9(8-21-10-2-3-10)1-4-11(13)12-6-15(19)16(20)7-14(12)18/h1,4-7,10,21H,2-3,8H2. The minimum Gasteiger partial charge on any atom is -0.310 e. The topological polar surface area (TPSA) is 12.0 Å². The number of rotatable bonds is 4. The molecule has 0 heterocycles. The van der Waals surface area contributed by atoms with Crippen molar-refractivity contribution in [2.75, 3.05) is 0 Å². The van der Waals surface area contributed by atoms with Gasteiger partial charge in [0.1, 0.15) is 0 Å². The Bertz CT molecular complexity index is 684. The van der Waals surface area contributed by atoms with Gasteiger partial charge < -0.3 is 5.32 Å². The molecule has 1 aliphatic carbocycles. The number of benzene rings is 2. The third kappa shape index (κ3) is 3.37. The van der Waals surface area contributed by atoms with E-state index in [0.29, 0.717) is 22.2 Å². The molecule has 0 aromatic heterocycles. The van der Waals surface area contributed by atoms with Gasteiger partial charge in [0.25, 0.3) is 0 Å². The molecule has 110 valence electrons. The molecule has 0 saturated heterocycles. The molecule has 1 N–H and O–H groups in total. The van der Waals surface area contributed by atoms with Crippen LogP contribution in [0.15, 0.2) is 30.3 Å². The molecule has 1 aliphatic rings. The second-order valence-corrected chi connectivity index (χ2v) is 6.03. The van der Waals surface area contributed by atoms with Gasteiger partial charge in [0.15, 0.2) is 11.6 Å². The molecule has 0 bridgehead atoms. The first-order chi connectivity index (χ1) is 10.0. The molecule has 21 heavy (non-hydrogen) atoms. The summed E-state index contributed by atoms with van der Waals surface area (Å²) in [5, 5.41) is 4.00. The predicted octanol–water partition coefficient (Wildman–Crippen LogP) is 5.19. The highest BCUT2D eigenvalue weighted by molar-refractivity contribution is 6.36. The van der Waals surface area contributed by atoms with Crippen LogP contribution in [0.5, 0.6) is 0 Å². The van der Waals surface area contributed by atoms with E-state index in [9.17, 15) is 8.78 Å². The van der Waals surface area contributed by atoms with Crippen LogP contribution in [0.25, 0.3) is 11.1 Å². The predicted molar refractivity (Wildman–Crippen MR) is 81.7 cm³/mol. The van der Waals surface area contributed by atoms with Crippen LogP contribution in [0, 0.1) is 11.6 Å². The third-order valence-electron chi connectivity index (χ3n) is 3.51. The normalized spacial score (nSPS) is 14.5. The van der Waals surface area contributed by atoms with Crippen LogP contribution in [-0.4, -0.2) is 6.04 Å². The van der Waals surface area contributed by atoms with Gasteiger partial charge in [0.2, 0.25) is 0 Å². The molecule has 0 unspecified atom stereocenters. The Balaban J connectivity index is 1.89. The fraction of sp³-hybridized carbons (Fsp3) is 0.250. The third-order valence-corrected chi connectivity index (χ3v) is 4.13. The van der Waals surface area contributed by atoms with Gasteiger partial charge in [-0.1, -0.05) is 35.3 Å². The van der Waals surface area contributed by atoms with Crippen molar-refractivity contribution < 1.29 is 8.78 Å². The highest BCUT2D eigenvalue weighted by Gasteiger charge is 2.20. The van der Waals surface area contributed by atoms with Crippen LogP contribution in [0.4, 0.5) is 8.78 Å². The molecule has 0 spiro atoms. The molecular weight excluding hydrogens is 315 g/mol. The summed E-state index contributed by atoms with van der Waals surface area (Å²) in [6.45, 7) is 0.746. The lowest BCUT2D eigenvalue weighted by Gasteiger charge is -2.10. The number of hydrogen-bond donors (Lipinski definition) is 1. The maximum Gasteiger partial charge on any atom is 0.160 e. The van der Waals surface area contributed by atoms with Gasteiger partial charge in [-0.05, 0) is 36.6 Å². The van der Waals surface area contributed by atoms with E-state index in [1.807, 2.05) is 12.1 Å². The fourth-order valence-corrected chi connectivity index (χ4v) is 2.72. The zero-order valence-electron chi connectivity index (χ0n) is 11.1. The van der Waals surface area contributed by atoms with E-state index < -0.39 is 11.6 Å². The lowest BCUT2D eigenvalue weighted by Crippen LogP contribution is -2.15. The van der Waals surface area contributed by atoms with Crippen molar-refractivity contribution in [2.45, 2.75) is 25.4 Å². The maximum atomic E-state index is 13.4. The van der Waals surface area contributed by atoms with Gasteiger partial charge in [0, 0.05) is 28.7 Å². The molecule has 1 fully saturated rings. The van der Waals surface area contributed by atoms with Crippen molar-refractivity contribution in [1.82, 2.24) is 5.32 Å². The Morgan fingerprint density at radius 1 is 0.952 bits per heavy atom. The Kier molecular flexibility index (Phi) is 4.16. The van der Waals surface area contributed by atoms with Crippen molar-refractivity contribution in [3.63, 3.8) is 0 Å². The zero-order valence-corrected chi connectivity index (χ0v) is 12.6. The van der Waals surface area contributed by atoms with Gasteiger partial charge >= 0.3 is 0 Å². The van der Waals surface area contributed by atoms with Crippen LogP contribution in [0.3, 0.4) is 0 Å². The summed E-state index contributed by atoms with van der Waals surface area (Å²) in [6, 6.07) is 8.17. The molecule has 0 radical (unpaired) electrons. The van der Waals surface area contributed by atoms with Crippen LogP contribution in [0.2, 0.25) is 10.0 Å². The lowest BCUT2D eigenvalue weighted by atomic mass is 10.0. The van der Waals surface area contributed by atoms with E-state index in [-0.39, 0.29) is 5.02 Å². The molecule has 2 aromatic rings. The first-order valence-corrected chi connectivity index (χ1v) is 7.47. The van der Waals surface area contributed by atoms with Gasteiger partial charge in [-0.2, -0.15) is 0 Å². The summed E-state index contributed by atoms with van der Waals surface area (Å²) in [5.41, 5.74) is 2.03. The Morgan fingerprint density at radius 3 is 2.29 bits per heavy atom. The SMILES string of the molecule is Fc1cc(Cl)c(-c2ccc(CNC3CC3)cc2Cl)cc1F. The molecule has 3 rings (SSSR count). The molecule has 2 aromatic carbocycles. The first kappa shape index (κ1) is 14.8. The first-order valence-electron chi connectivity index (χ1n) is 6.71. The summed E-state index contributed by atoms with van der Waals surface area (Å²) in [6.07, 6.45) is 2.44. The summed E-state index contributed by atoms with van der Waals surface area (Å²) < 4.78 is 26.5. The molecule has 5 heteroatoms. The van der Waals surface area contributed by atoms with Crippen molar-refractivity contribution in [3.8, 4) is 11.1 Å².